The Bertz CT molecular complexity index is 1050. The van der Waals surface area contributed by atoms with Gasteiger partial charge in [-0.3, -0.25) is 4.90 Å². The third kappa shape index (κ3) is 3.41. The molecule has 3 nitrogen and oxygen atoms in total. The van der Waals surface area contributed by atoms with Gasteiger partial charge in [0.1, 0.15) is 11.5 Å². The van der Waals surface area contributed by atoms with Crippen LogP contribution in [0.2, 0.25) is 0 Å². The average molecular weight is 371 g/mol. The molecular weight excluding hydrogens is 346 g/mol. The first-order valence-electron chi connectivity index (χ1n) is 9.68. The molecule has 0 saturated carbocycles. The molecule has 0 aliphatic rings. The summed E-state index contributed by atoms with van der Waals surface area (Å²) in [5, 5.41) is 25.5. The molecule has 4 rings (SSSR count). The van der Waals surface area contributed by atoms with Crippen molar-refractivity contribution in [3.63, 3.8) is 0 Å². The number of fused-ring (bicyclic) bond motifs is 2. The molecule has 28 heavy (non-hydrogen) atoms. The first-order valence-corrected chi connectivity index (χ1v) is 9.68. The molecule has 0 aliphatic heterocycles. The zero-order valence-electron chi connectivity index (χ0n) is 16.3. The molecule has 0 spiro atoms. The summed E-state index contributed by atoms with van der Waals surface area (Å²) in [5.41, 5.74) is 1.85. The molecule has 2 N–H and O–H groups in total. The van der Waals surface area contributed by atoms with E-state index < -0.39 is 0 Å². The SMILES string of the molecule is CC(C)N(Cc1c(O)ccc2ccccc12)Cc1c(O)ccc2ccccc12. The standard InChI is InChI=1S/C25H25NO2/c1-17(2)26(15-22-20-9-5-3-7-18(20)11-13-24(22)27)16-23-21-10-6-4-8-19(21)12-14-25(23)28/h3-14,17,27-28H,15-16H2,1-2H3. The van der Waals surface area contributed by atoms with Crippen LogP contribution in [0, 0.1) is 0 Å². The van der Waals surface area contributed by atoms with Crippen LogP contribution in [0.25, 0.3) is 21.5 Å². The van der Waals surface area contributed by atoms with E-state index in [1.807, 2.05) is 36.4 Å². The number of nitrogens with zero attached hydrogens (tertiary/aromatic N) is 1. The van der Waals surface area contributed by atoms with Gasteiger partial charge in [0.2, 0.25) is 0 Å². The van der Waals surface area contributed by atoms with Gasteiger partial charge >= 0.3 is 0 Å². The third-order valence-corrected chi connectivity index (χ3v) is 5.48. The van der Waals surface area contributed by atoms with E-state index in [1.54, 1.807) is 12.1 Å². The van der Waals surface area contributed by atoms with E-state index in [0.717, 1.165) is 32.7 Å². The van der Waals surface area contributed by atoms with Crippen molar-refractivity contribution in [2.45, 2.75) is 33.0 Å². The zero-order chi connectivity index (χ0) is 19.7. The van der Waals surface area contributed by atoms with E-state index in [-0.39, 0.29) is 6.04 Å². The fourth-order valence-corrected chi connectivity index (χ4v) is 3.81. The zero-order valence-corrected chi connectivity index (χ0v) is 16.3. The Balaban J connectivity index is 1.75. The van der Waals surface area contributed by atoms with Gasteiger partial charge in [-0.1, -0.05) is 60.7 Å². The summed E-state index contributed by atoms with van der Waals surface area (Å²) in [6.07, 6.45) is 0. The Hall–Kier alpha value is -3.04. The number of rotatable bonds is 5. The fraction of sp³-hybridized carbons (Fsp3) is 0.200. The molecule has 0 fully saturated rings. The Morgan fingerprint density at radius 1 is 0.643 bits per heavy atom. The summed E-state index contributed by atoms with van der Waals surface area (Å²) in [7, 11) is 0. The number of hydrogen-bond acceptors (Lipinski definition) is 3. The van der Waals surface area contributed by atoms with Crippen molar-refractivity contribution in [3.8, 4) is 11.5 Å². The second-order valence-corrected chi connectivity index (χ2v) is 7.57. The van der Waals surface area contributed by atoms with E-state index in [1.165, 1.54) is 0 Å². The Morgan fingerprint density at radius 2 is 1.07 bits per heavy atom. The molecule has 4 aromatic carbocycles. The Kier molecular flexibility index (Phi) is 4.93. The molecular formula is C25H25NO2. The highest BCUT2D eigenvalue weighted by atomic mass is 16.3. The van der Waals surface area contributed by atoms with Crippen molar-refractivity contribution in [2.24, 2.45) is 0 Å². The molecule has 3 heteroatoms. The summed E-state index contributed by atoms with van der Waals surface area (Å²) < 4.78 is 0. The maximum atomic E-state index is 10.6. The Morgan fingerprint density at radius 3 is 1.50 bits per heavy atom. The molecule has 4 aromatic rings. The van der Waals surface area contributed by atoms with Gasteiger partial charge in [0, 0.05) is 30.3 Å². The number of aromatic hydroxyl groups is 2. The minimum Gasteiger partial charge on any atom is -0.508 e. The lowest BCUT2D eigenvalue weighted by Gasteiger charge is -2.28. The van der Waals surface area contributed by atoms with Gasteiger partial charge in [0.05, 0.1) is 0 Å². The third-order valence-electron chi connectivity index (χ3n) is 5.48. The topological polar surface area (TPSA) is 43.7 Å². The normalized spacial score (nSPS) is 11.7. The van der Waals surface area contributed by atoms with Crippen LogP contribution in [0.4, 0.5) is 0 Å². The first-order chi connectivity index (χ1) is 13.5. The summed E-state index contributed by atoms with van der Waals surface area (Å²) in [6.45, 7) is 5.50. The van der Waals surface area contributed by atoms with E-state index in [2.05, 4.69) is 43.0 Å². The van der Waals surface area contributed by atoms with E-state index in [0.29, 0.717) is 24.6 Å². The monoisotopic (exact) mass is 371 g/mol. The molecule has 0 aliphatic carbocycles. The van der Waals surface area contributed by atoms with Gasteiger partial charge in [0.15, 0.2) is 0 Å². The lowest BCUT2D eigenvalue weighted by atomic mass is 10.0. The van der Waals surface area contributed by atoms with Gasteiger partial charge < -0.3 is 10.2 Å². The summed E-state index contributed by atoms with van der Waals surface area (Å²) in [6, 6.07) is 23.9. The maximum absolute atomic E-state index is 10.6. The summed E-state index contributed by atoms with van der Waals surface area (Å²) >= 11 is 0. The van der Waals surface area contributed by atoms with Crippen molar-refractivity contribution >= 4 is 21.5 Å². The molecule has 142 valence electrons. The van der Waals surface area contributed by atoms with Crippen LogP contribution in [0.1, 0.15) is 25.0 Å². The van der Waals surface area contributed by atoms with Crippen LogP contribution in [-0.2, 0) is 13.1 Å². The molecule has 0 aromatic heterocycles. The number of phenolic OH excluding ortho intramolecular Hbond substituents is 2. The highest BCUT2D eigenvalue weighted by Crippen LogP contribution is 2.32. The van der Waals surface area contributed by atoms with E-state index in [9.17, 15) is 10.2 Å². The second-order valence-electron chi connectivity index (χ2n) is 7.57. The van der Waals surface area contributed by atoms with Gasteiger partial charge in [0.25, 0.3) is 0 Å². The minimum atomic E-state index is 0.247. The quantitative estimate of drug-likeness (QED) is 0.465. The van der Waals surface area contributed by atoms with Crippen LogP contribution in [0.3, 0.4) is 0 Å². The van der Waals surface area contributed by atoms with Gasteiger partial charge in [-0.15, -0.1) is 0 Å². The average Bonchev–Trinajstić information content (AvgIpc) is 2.70. The summed E-state index contributed by atoms with van der Waals surface area (Å²) in [5.74, 6) is 0.623. The van der Waals surface area contributed by atoms with Crippen LogP contribution >= 0.6 is 0 Å². The maximum Gasteiger partial charge on any atom is 0.120 e. The van der Waals surface area contributed by atoms with Crippen LogP contribution in [-0.4, -0.2) is 21.2 Å². The van der Waals surface area contributed by atoms with Gasteiger partial charge in [-0.2, -0.15) is 0 Å². The van der Waals surface area contributed by atoms with E-state index >= 15 is 0 Å². The first kappa shape index (κ1) is 18.3. The van der Waals surface area contributed by atoms with Gasteiger partial charge in [-0.05, 0) is 47.5 Å². The van der Waals surface area contributed by atoms with Gasteiger partial charge in [-0.25, -0.2) is 0 Å². The largest absolute Gasteiger partial charge is 0.508 e. The van der Waals surface area contributed by atoms with Crippen molar-refractivity contribution in [2.75, 3.05) is 0 Å². The smallest absolute Gasteiger partial charge is 0.120 e. The number of phenols is 2. The number of hydrogen-bond donors (Lipinski definition) is 2. The van der Waals surface area contributed by atoms with Crippen LogP contribution in [0.15, 0.2) is 72.8 Å². The second kappa shape index (κ2) is 7.53. The van der Waals surface area contributed by atoms with Crippen LogP contribution < -0.4 is 0 Å². The lowest BCUT2D eigenvalue weighted by Crippen LogP contribution is -2.30. The van der Waals surface area contributed by atoms with Crippen molar-refractivity contribution in [1.82, 2.24) is 4.90 Å². The molecule has 0 radical (unpaired) electrons. The van der Waals surface area contributed by atoms with Crippen molar-refractivity contribution in [3.05, 3.63) is 83.9 Å². The van der Waals surface area contributed by atoms with Crippen molar-refractivity contribution in [1.29, 1.82) is 0 Å². The molecule has 0 unspecified atom stereocenters. The van der Waals surface area contributed by atoms with Crippen molar-refractivity contribution < 1.29 is 10.2 Å². The lowest BCUT2D eigenvalue weighted by molar-refractivity contribution is 0.201. The number of benzene rings is 4. The predicted octanol–water partition coefficient (Wildman–Crippen LogP) is 5.81. The molecule has 0 saturated heterocycles. The summed E-state index contributed by atoms with van der Waals surface area (Å²) in [4.78, 5) is 2.28. The minimum absolute atomic E-state index is 0.247. The predicted molar refractivity (Wildman–Crippen MR) is 116 cm³/mol. The van der Waals surface area contributed by atoms with Crippen LogP contribution in [0.5, 0.6) is 11.5 Å². The molecule has 0 atom stereocenters. The molecule has 0 amide bonds. The Labute approximate surface area is 165 Å². The van der Waals surface area contributed by atoms with E-state index in [4.69, 9.17) is 0 Å². The highest BCUT2D eigenvalue weighted by molar-refractivity contribution is 5.88. The molecule has 0 bridgehead atoms. The molecule has 0 heterocycles. The highest BCUT2D eigenvalue weighted by Gasteiger charge is 2.18. The fourth-order valence-electron chi connectivity index (χ4n) is 3.81.